The van der Waals surface area contributed by atoms with E-state index in [0.717, 1.165) is 18.1 Å². The Morgan fingerprint density at radius 1 is 0.895 bits per heavy atom. The topological polar surface area (TPSA) is 18.5 Å². The summed E-state index contributed by atoms with van der Waals surface area (Å²) in [6.07, 6.45) is 11.2. The molecule has 0 radical (unpaired) electrons. The van der Waals surface area contributed by atoms with Crippen molar-refractivity contribution < 1.29 is 0 Å². The van der Waals surface area contributed by atoms with Gasteiger partial charge in [-0.25, -0.2) is 0 Å². The smallest absolute Gasteiger partial charge is 0.0249 e. The summed E-state index contributed by atoms with van der Waals surface area (Å²) in [6, 6.07) is 2.31. The van der Waals surface area contributed by atoms with Crippen LogP contribution < -0.4 is 5.32 Å². The molecule has 1 aliphatic heterocycles. The zero-order valence-corrected chi connectivity index (χ0v) is 13.2. The molecule has 2 fully saturated rings. The summed E-state index contributed by atoms with van der Waals surface area (Å²) >= 11 is 0. The van der Waals surface area contributed by atoms with Gasteiger partial charge in [-0.1, -0.05) is 25.7 Å². The predicted octanol–water partition coefficient (Wildman–Crippen LogP) is 2.32. The molecule has 0 amide bonds. The first-order valence-electron chi connectivity index (χ1n) is 8.30. The first-order valence-corrected chi connectivity index (χ1v) is 8.30. The fraction of sp³-hybridized carbons (Fsp3) is 1.00. The van der Waals surface area contributed by atoms with Crippen LogP contribution in [0.25, 0.3) is 0 Å². The highest BCUT2D eigenvalue weighted by atomic mass is 15.2. The Morgan fingerprint density at radius 2 is 1.53 bits per heavy atom. The number of rotatable bonds is 3. The quantitative estimate of drug-likeness (QED) is 0.846. The van der Waals surface area contributed by atoms with Crippen LogP contribution in [0.2, 0.25) is 0 Å². The van der Waals surface area contributed by atoms with Gasteiger partial charge in [0.2, 0.25) is 0 Å². The monoisotopic (exact) mass is 267 g/mol. The fourth-order valence-electron chi connectivity index (χ4n) is 3.97. The third-order valence-electron chi connectivity index (χ3n) is 5.30. The molecule has 1 N–H and O–H groups in total. The summed E-state index contributed by atoms with van der Waals surface area (Å²) in [5.41, 5.74) is 0. The molecule has 3 heteroatoms. The van der Waals surface area contributed by atoms with Crippen LogP contribution in [0.5, 0.6) is 0 Å². The molecule has 0 aromatic rings. The van der Waals surface area contributed by atoms with E-state index in [2.05, 4.69) is 36.3 Å². The highest BCUT2D eigenvalue weighted by Crippen LogP contribution is 2.25. The third-order valence-corrected chi connectivity index (χ3v) is 5.30. The Morgan fingerprint density at radius 3 is 2.11 bits per heavy atom. The molecule has 3 nitrogen and oxygen atoms in total. The molecule has 1 aliphatic carbocycles. The standard InChI is InChI=1S/C16H33N3/c1-17-15-8-6-4-5-7-9-16(15)19-12-10-14(11-13-19)18(2)3/h14-17H,4-13H2,1-3H3. The summed E-state index contributed by atoms with van der Waals surface area (Å²) in [4.78, 5) is 5.19. The van der Waals surface area contributed by atoms with Gasteiger partial charge in [-0.15, -0.1) is 0 Å². The summed E-state index contributed by atoms with van der Waals surface area (Å²) < 4.78 is 0. The van der Waals surface area contributed by atoms with Crippen LogP contribution in [0.1, 0.15) is 51.4 Å². The first kappa shape index (κ1) is 15.3. The van der Waals surface area contributed by atoms with Gasteiger partial charge in [0, 0.05) is 18.1 Å². The van der Waals surface area contributed by atoms with Crippen molar-refractivity contribution in [3.05, 3.63) is 0 Å². The van der Waals surface area contributed by atoms with Gasteiger partial charge in [0.15, 0.2) is 0 Å². The lowest BCUT2D eigenvalue weighted by Gasteiger charge is -2.43. The van der Waals surface area contributed by atoms with Crippen molar-refractivity contribution in [2.75, 3.05) is 34.2 Å². The van der Waals surface area contributed by atoms with Crippen molar-refractivity contribution in [1.29, 1.82) is 0 Å². The first-order chi connectivity index (χ1) is 9.22. The number of nitrogens with zero attached hydrogens (tertiary/aromatic N) is 2. The number of piperidine rings is 1. The Hall–Kier alpha value is -0.120. The van der Waals surface area contributed by atoms with Crippen molar-refractivity contribution in [2.45, 2.75) is 69.5 Å². The number of hydrogen-bond donors (Lipinski definition) is 1. The normalized spacial score (nSPS) is 32.2. The lowest BCUT2D eigenvalue weighted by atomic mass is 9.89. The van der Waals surface area contributed by atoms with Gasteiger partial charge in [0.05, 0.1) is 0 Å². The van der Waals surface area contributed by atoms with Crippen LogP contribution in [-0.2, 0) is 0 Å². The molecule has 19 heavy (non-hydrogen) atoms. The van der Waals surface area contributed by atoms with E-state index in [0.29, 0.717) is 0 Å². The predicted molar refractivity (Wildman–Crippen MR) is 82.6 cm³/mol. The van der Waals surface area contributed by atoms with Crippen LogP contribution in [0, 0.1) is 0 Å². The number of nitrogens with one attached hydrogen (secondary N) is 1. The average molecular weight is 267 g/mol. The Kier molecular flexibility index (Phi) is 6.11. The highest BCUT2D eigenvalue weighted by molar-refractivity contribution is 4.89. The molecule has 1 heterocycles. The second-order valence-corrected chi connectivity index (χ2v) is 6.68. The Labute approximate surface area is 119 Å². The van der Waals surface area contributed by atoms with Crippen LogP contribution in [0.15, 0.2) is 0 Å². The van der Waals surface area contributed by atoms with Crippen LogP contribution in [-0.4, -0.2) is 62.2 Å². The molecular formula is C16H33N3. The van der Waals surface area contributed by atoms with Crippen LogP contribution >= 0.6 is 0 Å². The lowest BCUT2D eigenvalue weighted by molar-refractivity contribution is 0.0791. The van der Waals surface area contributed by atoms with Gasteiger partial charge >= 0.3 is 0 Å². The van der Waals surface area contributed by atoms with Gasteiger partial charge in [-0.3, -0.25) is 4.90 Å². The van der Waals surface area contributed by atoms with Crippen molar-refractivity contribution in [3.63, 3.8) is 0 Å². The molecule has 1 saturated carbocycles. The maximum Gasteiger partial charge on any atom is 0.0249 e. The van der Waals surface area contributed by atoms with Gasteiger partial charge in [0.25, 0.3) is 0 Å². The minimum atomic E-state index is 0.719. The van der Waals surface area contributed by atoms with E-state index in [-0.39, 0.29) is 0 Å². The van der Waals surface area contributed by atoms with E-state index < -0.39 is 0 Å². The maximum atomic E-state index is 3.60. The fourth-order valence-corrected chi connectivity index (χ4v) is 3.97. The minimum absolute atomic E-state index is 0.719. The largest absolute Gasteiger partial charge is 0.315 e. The molecule has 2 aliphatic rings. The van der Waals surface area contributed by atoms with Crippen molar-refractivity contribution in [2.24, 2.45) is 0 Å². The zero-order valence-electron chi connectivity index (χ0n) is 13.2. The lowest BCUT2D eigenvalue weighted by Crippen LogP contribution is -2.53. The van der Waals surface area contributed by atoms with Crippen molar-refractivity contribution in [3.8, 4) is 0 Å². The summed E-state index contributed by atoms with van der Waals surface area (Å²) in [5, 5.41) is 3.60. The third kappa shape index (κ3) is 4.17. The van der Waals surface area contributed by atoms with E-state index in [9.17, 15) is 0 Å². The van der Waals surface area contributed by atoms with E-state index in [1.54, 1.807) is 0 Å². The van der Waals surface area contributed by atoms with E-state index in [1.807, 2.05) is 0 Å². The molecular weight excluding hydrogens is 234 g/mol. The van der Waals surface area contributed by atoms with Gasteiger partial charge in [0.1, 0.15) is 0 Å². The number of hydrogen-bond acceptors (Lipinski definition) is 3. The molecule has 112 valence electrons. The summed E-state index contributed by atoms with van der Waals surface area (Å²) in [5.74, 6) is 0. The SMILES string of the molecule is CNC1CCCCCCC1N1CCC(N(C)C)CC1. The van der Waals surface area contributed by atoms with Gasteiger partial charge < -0.3 is 10.2 Å². The Balaban J connectivity index is 1.90. The molecule has 0 aromatic heterocycles. The molecule has 2 atom stereocenters. The Bertz CT molecular complexity index is 246. The zero-order chi connectivity index (χ0) is 13.7. The number of likely N-dealkylation sites (N-methyl/N-ethyl adjacent to an activating group) is 1. The van der Waals surface area contributed by atoms with Gasteiger partial charge in [-0.2, -0.15) is 0 Å². The minimum Gasteiger partial charge on any atom is -0.315 e. The molecule has 1 saturated heterocycles. The van der Waals surface area contributed by atoms with E-state index in [1.165, 1.54) is 64.5 Å². The average Bonchev–Trinajstić information content (AvgIpc) is 2.39. The maximum absolute atomic E-state index is 3.60. The van der Waals surface area contributed by atoms with Crippen molar-refractivity contribution in [1.82, 2.24) is 15.1 Å². The highest BCUT2D eigenvalue weighted by Gasteiger charge is 2.30. The second kappa shape index (κ2) is 7.61. The van der Waals surface area contributed by atoms with Crippen molar-refractivity contribution >= 4 is 0 Å². The van der Waals surface area contributed by atoms with Crippen LogP contribution in [0.4, 0.5) is 0 Å². The molecule has 2 unspecified atom stereocenters. The summed E-state index contributed by atoms with van der Waals surface area (Å²) in [6.45, 7) is 2.59. The molecule has 2 rings (SSSR count). The number of likely N-dealkylation sites (tertiary alicyclic amines) is 1. The molecule has 0 bridgehead atoms. The van der Waals surface area contributed by atoms with Crippen LogP contribution in [0.3, 0.4) is 0 Å². The van der Waals surface area contributed by atoms with E-state index in [4.69, 9.17) is 0 Å². The van der Waals surface area contributed by atoms with Gasteiger partial charge in [-0.05, 0) is 59.9 Å². The molecule has 0 spiro atoms. The summed E-state index contributed by atoms with van der Waals surface area (Å²) in [7, 11) is 6.62. The second-order valence-electron chi connectivity index (χ2n) is 6.68. The van der Waals surface area contributed by atoms with E-state index >= 15 is 0 Å². The molecule has 0 aromatic carbocycles.